The number of aryl methyl sites for hydroxylation is 3. The molecule has 29 heavy (non-hydrogen) atoms. The minimum absolute atomic E-state index is 0.0963. The minimum atomic E-state index is 0.0963. The van der Waals surface area contributed by atoms with Crippen LogP contribution in [-0.2, 0) is 6.54 Å². The van der Waals surface area contributed by atoms with Crippen molar-refractivity contribution in [3.8, 4) is 0 Å². The van der Waals surface area contributed by atoms with Gasteiger partial charge in [-0.05, 0) is 39.3 Å². The fraction of sp³-hybridized carbons (Fsp3) is 0.409. The fourth-order valence-corrected chi connectivity index (χ4v) is 3.89. The normalized spacial score (nSPS) is 15.6. The molecule has 1 aliphatic rings. The number of aromatic nitrogens is 2. The number of fused-ring (bicyclic) bond motifs is 1. The predicted molar refractivity (Wildman–Crippen MR) is 113 cm³/mol. The van der Waals surface area contributed by atoms with Crippen LogP contribution in [0.5, 0.6) is 0 Å². The van der Waals surface area contributed by atoms with Crippen LogP contribution in [0.25, 0.3) is 11.1 Å². The summed E-state index contributed by atoms with van der Waals surface area (Å²) in [6.07, 6.45) is 0.911. The second-order valence-electron chi connectivity index (χ2n) is 7.78. The summed E-state index contributed by atoms with van der Waals surface area (Å²) in [5, 5.41) is 0.803. The predicted octanol–water partition coefficient (Wildman–Crippen LogP) is 3.08. The van der Waals surface area contributed by atoms with Gasteiger partial charge in [-0.25, -0.2) is 4.98 Å². The fourth-order valence-electron chi connectivity index (χ4n) is 3.89. The van der Waals surface area contributed by atoms with Gasteiger partial charge in [0.1, 0.15) is 17.4 Å². The summed E-state index contributed by atoms with van der Waals surface area (Å²) in [6.45, 7) is 9.56. The van der Waals surface area contributed by atoms with Gasteiger partial charge in [-0.15, -0.1) is 0 Å². The molecule has 2 N–H and O–H groups in total. The molecule has 0 bridgehead atoms. The first kappa shape index (κ1) is 19.4. The summed E-state index contributed by atoms with van der Waals surface area (Å²) in [5.74, 6) is 2.03. The molecule has 0 saturated carbocycles. The summed E-state index contributed by atoms with van der Waals surface area (Å²) in [4.78, 5) is 26.1. The topological polar surface area (TPSA) is 88.5 Å². The molecule has 152 valence electrons. The largest absolute Gasteiger partial charge is 0.443 e. The van der Waals surface area contributed by atoms with Crippen molar-refractivity contribution in [2.75, 3.05) is 31.9 Å². The maximum Gasteiger partial charge on any atom is 0.253 e. The average molecular weight is 393 g/mol. The lowest BCUT2D eigenvalue weighted by molar-refractivity contribution is 0.0761. The molecular formula is C22H27N5O2. The maximum absolute atomic E-state index is 12.8. The highest BCUT2D eigenvalue weighted by molar-refractivity contribution is 5.94. The third-order valence-electron chi connectivity index (χ3n) is 5.61. The zero-order valence-electron chi connectivity index (χ0n) is 17.2. The van der Waals surface area contributed by atoms with Gasteiger partial charge in [0.05, 0.1) is 11.9 Å². The Hall–Kier alpha value is -2.93. The summed E-state index contributed by atoms with van der Waals surface area (Å²) < 4.78 is 5.74. The lowest BCUT2D eigenvalue weighted by Gasteiger charge is -2.22. The lowest BCUT2D eigenvalue weighted by Crippen LogP contribution is -2.35. The number of carbonyl (C=O) groups excluding carboxylic acids is 1. The van der Waals surface area contributed by atoms with Gasteiger partial charge in [-0.1, -0.05) is 17.7 Å². The van der Waals surface area contributed by atoms with Crippen molar-refractivity contribution in [3.05, 3.63) is 52.5 Å². The van der Waals surface area contributed by atoms with E-state index in [1.807, 2.05) is 49.9 Å². The van der Waals surface area contributed by atoms with Gasteiger partial charge in [-0.2, -0.15) is 4.98 Å². The molecule has 0 atom stereocenters. The van der Waals surface area contributed by atoms with Crippen molar-refractivity contribution in [2.24, 2.45) is 0 Å². The van der Waals surface area contributed by atoms with Gasteiger partial charge in [0, 0.05) is 37.3 Å². The van der Waals surface area contributed by atoms with Crippen molar-refractivity contribution in [1.82, 2.24) is 19.8 Å². The molecule has 4 rings (SSSR count). The average Bonchev–Trinajstić information content (AvgIpc) is 2.84. The number of hydrogen-bond donors (Lipinski definition) is 1. The van der Waals surface area contributed by atoms with E-state index in [9.17, 15) is 4.79 Å². The minimum Gasteiger partial charge on any atom is -0.443 e. The summed E-state index contributed by atoms with van der Waals surface area (Å²) in [5.41, 5.74) is 9.55. The number of nitrogens with two attached hydrogens (primary N) is 1. The van der Waals surface area contributed by atoms with Crippen molar-refractivity contribution < 1.29 is 9.21 Å². The summed E-state index contributed by atoms with van der Waals surface area (Å²) in [7, 11) is 0. The molecular weight excluding hydrogens is 366 g/mol. The summed E-state index contributed by atoms with van der Waals surface area (Å²) >= 11 is 0. The molecule has 1 fully saturated rings. The molecule has 3 aromatic rings. The van der Waals surface area contributed by atoms with Crippen LogP contribution in [0.2, 0.25) is 0 Å². The van der Waals surface area contributed by atoms with E-state index in [4.69, 9.17) is 10.2 Å². The zero-order valence-corrected chi connectivity index (χ0v) is 17.2. The van der Waals surface area contributed by atoms with Crippen LogP contribution < -0.4 is 5.73 Å². The van der Waals surface area contributed by atoms with Crippen LogP contribution in [0.3, 0.4) is 0 Å². The number of nitrogen functional groups attached to an aromatic ring is 1. The van der Waals surface area contributed by atoms with E-state index in [1.165, 1.54) is 0 Å². The zero-order chi connectivity index (χ0) is 20.5. The van der Waals surface area contributed by atoms with Gasteiger partial charge in [0.2, 0.25) is 5.71 Å². The smallest absolute Gasteiger partial charge is 0.253 e. The number of benzene rings is 1. The van der Waals surface area contributed by atoms with Crippen LogP contribution in [0.1, 0.15) is 39.5 Å². The van der Waals surface area contributed by atoms with Crippen molar-refractivity contribution in [1.29, 1.82) is 0 Å². The standard InChI is InChI=1S/C22H27N5O2/c1-14-6-4-7-17(12-14)22(28)27-9-5-8-26(10-11-27)13-18-24-20(23)19-15(2)16(3)29-21(19)25-18/h4,6-7,12H,5,8-11,13H2,1-3H3,(H2,23,24,25). The third kappa shape index (κ3) is 3.96. The van der Waals surface area contributed by atoms with Gasteiger partial charge in [-0.3, -0.25) is 9.69 Å². The molecule has 7 nitrogen and oxygen atoms in total. The lowest BCUT2D eigenvalue weighted by atomic mass is 10.1. The maximum atomic E-state index is 12.8. The highest BCUT2D eigenvalue weighted by atomic mass is 16.3. The molecule has 0 spiro atoms. The van der Waals surface area contributed by atoms with Gasteiger partial charge in [0.25, 0.3) is 5.91 Å². The second kappa shape index (κ2) is 7.83. The molecule has 1 aliphatic heterocycles. The number of nitrogens with zero attached hydrogens (tertiary/aromatic N) is 4. The first-order valence-corrected chi connectivity index (χ1v) is 10.0. The Bertz CT molecular complexity index is 1060. The van der Waals surface area contributed by atoms with E-state index >= 15 is 0 Å². The number of furan rings is 1. The monoisotopic (exact) mass is 393 g/mol. The second-order valence-corrected chi connectivity index (χ2v) is 7.78. The van der Waals surface area contributed by atoms with Crippen LogP contribution in [-0.4, -0.2) is 51.9 Å². The van der Waals surface area contributed by atoms with Crippen LogP contribution in [0.15, 0.2) is 28.7 Å². The van der Waals surface area contributed by atoms with Crippen molar-refractivity contribution >= 4 is 22.8 Å². The Morgan fingerprint density at radius 2 is 1.97 bits per heavy atom. The van der Waals surface area contributed by atoms with Gasteiger partial charge < -0.3 is 15.1 Å². The third-order valence-corrected chi connectivity index (χ3v) is 5.61. The van der Waals surface area contributed by atoms with Crippen LogP contribution >= 0.6 is 0 Å². The van der Waals surface area contributed by atoms with Gasteiger partial charge >= 0.3 is 0 Å². The molecule has 1 aromatic carbocycles. The molecule has 1 saturated heterocycles. The SMILES string of the molecule is Cc1cccc(C(=O)N2CCCN(Cc3nc(N)c4c(C)c(C)oc4n3)CC2)c1. The van der Waals surface area contributed by atoms with Crippen LogP contribution in [0, 0.1) is 20.8 Å². The molecule has 0 aliphatic carbocycles. The molecule has 0 unspecified atom stereocenters. The number of amides is 1. The van der Waals surface area contributed by atoms with Crippen molar-refractivity contribution in [3.63, 3.8) is 0 Å². The van der Waals surface area contributed by atoms with E-state index in [0.29, 0.717) is 30.4 Å². The highest BCUT2D eigenvalue weighted by Crippen LogP contribution is 2.27. The van der Waals surface area contributed by atoms with Gasteiger partial charge in [0.15, 0.2) is 0 Å². The number of anilines is 1. The highest BCUT2D eigenvalue weighted by Gasteiger charge is 2.22. The first-order chi connectivity index (χ1) is 13.9. The van der Waals surface area contributed by atoms with E-state index in [0.717, 1.165) is 53.9 Å². The van der Waals surface area contributed by atoms with E-state index < -0.39 is 0 Å². The Balaban J connectivity index is 1.45. The number of carbonyl (C=O) groups is 1. The number of rotatable bonds is 3. The van der Waals surface area contributed by atoms with E-state index in [2.05, 4.69) is 14.9 Å². The Morgan fingerprint density at radius 3 is 2.76 bits per heavy atom. The molecule has 0 radical (unpaired) electrons. The van der Waals surface area contributed by atoms with Crippen molar-refractivity contribution in [2.45, 2.75) is 33.7 Å². The quantitative estimate of drug-likeness (QED) is 0.736. The molecule has 2 aromatic heterocycles. The molecule has 3 heterocycles. The Kier molecular flexibility index (Phi) is 5.24. The molecule has 7 heteroatoms. The van der Waals surface area contributed by atoms with E-state index in [-0.39, 0.29) is 5.91 Å². The first-order valence-electron chi connectivity index (χ1n) is 10.0. The Labute approximate surface area is 170 Å². The summed E-state index contributed by atoms with van der Waals surface area (Å²) in [6, 6.07) is 7.77. The molecule has 1 amide bonds. The number of hydrogen-bond acceptors (Lipinski definition) is 6. The van der Waals surface area contributed by atoms with E-state index in [1.54, 1.807) is 0 Å². The van der Waals surface area contributed by atoms with Crippen LogP contribution in [0.4, 0.5) is 5.82 Å². The Morgan fingerprint density at radius 1 is 1.14 bits per heavy atom.